The van der Waals surface area contributed by atoms with E-state index in [1.165, 1.54) is 17.4 Å². The van der Waals surface area contributed by atoms with Gasteiger partial charge >= 0.3 is 6.09 Å². The number of hydrogen-bond acceptors (Lipinski definition) is 3. The number of halogens is 3. The average Bonchev–Trinajstić information content (AvgIpc) is 2.95. The molecule has 0 unspecified atom stereocenters. The van der Waals surface area contributed by atoms with Gasteiger partial charge in [-0.05, 0) is 46.1 Å². The maximum absolute atomic E-state index is 13.3. The summed E-state index contributed by atoms with van der Waals surface area (Å²) in [5.74, 6) is -2.33. The highest BCUT2D eigenvalue weighted by molar-refractivity contribution is 9.10. The zero-order valence-electron chi connectivity index (χ0n) is 12.2. The van der Waals surface area contributed by atoms with Crippen LogP contribution in [-0.4, -0.2) is 29.7 Å². The van der Waals surface area contributed by atoms with Crippen LogP contribution in [0.5, 0.6) is 0 Å². The van der Waals surface area contributed by atoms with Crippen LogP contribution in [0.25, 0.3) is 0 Å². The van der Waals surface area contributed by atoms with Gasteiger partial charge in [0.05, 0.1) is 10.9 Å². The molecule has 0 saturated heterocycles. The molecule has 2 aromatic rings. The summed E-state index contributed by atoms with van der Waals surface area (Å²) in [6, 6.07) is 4.43. The quantitative estimate of drug-likeness (QED) is 0.672. The van der Waals surface area contributed by atoms with Gasteiger partial charge in [0, 0.05) is 16.4 Å². The molecule has 1 atom stereocenters. The second-order valence-electron chi connectivity index (χ2n) is 4.94. The van der Waals surface area contributed by atoms with Gasteiger partial charge in [0.1, 0.15) is 0 Å². The van der Waals surface area contributed by atoms with Gasteiger partial charge in [0.15, 0.2) is 11.6 Å². The number of thiophene rings is 1. The van der Waals surface area contributed by atoms with E-state index in [4.69, 9.17) is 5.11 Å². The van der Waals surface area contributed by atoms with E-state index in [9.17, 15) is 18.4 Å². The summed E-state index contributed by atoms with van der Waals surface area (Å²) in [5, 5.41) is 15.3. The predicted octanol–water partition coefficient (Wildman–Crippen LogP) is 3.40. The van der Waals surface area contributed by atoms with Crippen LogP contribution < -0.4 is 10.6 Å². The van der Waals surface area contributed by atoms with E-state index in [-0.39, 0.29) is 18.9 Å². The van der Waals surface area contributed by atoms with Crippen LogP contribution in [-0.2, 0) is 6.42 Å². The smallest absolute Gasteiger partial charge is 0.404 e. The molecule has 0 saturated carbocycles. The third-order valence-electron chi connectivity index (χ3n) is 3.09. The van der Waals surface area contributed by atoms with Gasteiger partial charge in [-0.1, -0.05) is 6.07 Å². The zero-order valence-corrected chi connectivity index (χ0v) is 14.6. The molecule has 9 heteroatoms. The highest BCUT2D eigenvalue weighted by atomic mass is 79.9. The molecule has 0 spiro atoms. The number of carbonyl (C=O) groups excluding carboxylic acids is 1. The number of nitrogens with one attached hydrogen (secondary N) is 2. The maximum Gasteiger partial charge on any atom is 0.404 e. The SMILES string of the molecule is O=C(O)NC[C@@H](Cc1ccc(F)c(F)c1)NC(=O)c1cc(Br)cs1. The van der Waals surface area contributed by atoms with Gasteiger partial charge in [-0.15, -0.1) is 11.3 Å². The lowest BCUT2D eigenvalue weighted by Crippen LogP contribution is -2.44. The Hall–Kier alpha value is -2.00. The van der Waals surface area contributed by atoms with Crippen molar-refractivity contribution in [1.82, 2.24) is 10.6 Å². The monoisotopic (exact) mass is 418 g/mol. The van der Waals surface area contributed by atoms with E-state index in [1.807, 2.05) is 0 Å². The van der Waals surface area contributed by atoms with Crippen LogP contribution in [0.2, 0.25) is 0 Å². The summed E-state index contributed by atoms with van der Waals surface area (Å²) in [5.41, 5.74) is 0.443. The predicted molar refractivity (Wildman–Crippen MR) is 89.4 cm³/mol. The fraction of sp³-hybridized carbons (Fsp3) is 0.200. The summed E-state index contributed by atoms with van der Waals surface area (Å²) in [6.45, 7) is -0.0629. The van der Waals surface area contributed by atoms with Gasteiger partial charge in [-0.3, -0.25) is 4.79 Å². The van der Waals surface area contributed by atoms with Crippen molar-refractivity contribution in [2.24, 2.45) is 0 Å². The van der Waals surface area contributed by atoms with Crippen LogP contribution in [0, 0.1) is 11.6 Å². The number of carbonyl (C=O) groups is 2. The number of carboxylic acid groups (broad SMARTS) is 1. The Bertz CT molecular complexity index is 754. The molecule has 2 amide bonds. The van der Waals surface area contributed by atoms with Crippen LogP contribution in [0.15, 0.2) is 34.1 Å². The second kappa shape index (κ2) is 8.20. The lowest BCUT2D eigenvalue weighted by Gasteiger charge is -2.18. The van der Waals surface area contributed by atoms with E-state index in [0.717, 1.165) is 16.6 Å². The molecule has 0 aliphatic heterocycles. The largest absolute Gasteiger partial charge is 0.465 e. The summed E-state index contributed by atoms with van der Waals surface area (Å²) in [6.07, 6.45) is -1.09. The Morgan fingerprint density at radius 3 is 2.58 bits per heavy atom. The lowest BCUT2D eigenvalue weighted by atomic mass is 10.1. The van der Waals surface area contributed by atoms with Crippen molar-refractivity contribution < 1.29 is 23.5 Å². The maximum atomic E-state index is 13.3. The molecule has 0 radical (unpaired) electrons. The first kappa shape index (κ1) is 18.3. The molecular formula is C15H13BrF2N2O3S. The molecule has 128 valence electrons. The van der Waals surface area contributed by atoms with Crippen molar-refractivity contribution in [1.29, 1.82) is 0 Å². The summed E-state index contributed by atoms with van der Waals surface area (Å²) in [7, 11) is 0. The van der Waals surface area contributed by atoms with Crippen molar-refractivity contribution in [3.05, 3.63) is 56.2 Å². The van der Waals surface area contributed by atoms with Gasteiger partial charge < -0.3 is 15.7 Å². The molecule has 24 heavy (non-hydrogen) atoms. The Balaban J connectivity index is 2.09. The third kappa shape index (κ3) is 5.27. The van der Waals surface area contributed by atoms with E-state index < -0.39 is 23.8 Å². The van der Waals surface area contributed by atoms with Gasteiger partial charge in [-0.25, -0.2) is 13.6 Å². The Kier molecular flexibility index (Phi) is 6.27. The average molecular weight is 419 g/mol. The van der Waals surface area contributed by atoms with E-state index in [0.29, 0.717) is 10.4 Å². The third-order valence-corrected chi connectivity index (χ3v) is 4.78. The van der Waals surface area contributed by atoms with Crippen molar-refractivity contribution in [2.75, 3.05) is 6.54 Å². The summed E-state index contributed by atoms with van der Waals surface area (Å²) in [4.78, 5) is 23.3. The molecule has 3 N–H and O–H groups in total. The number of hydrogen-bond donors (Lipinski definition) is 3. The number of rotatable bonds is 6. The van der Waals surface area contributed by atoms with Gasteiger partial charge in [0.25, 0.3) is 5.91 Å². The zero-order chi connectivity index (χ0) is 17.7. The van der Waals surface area contributed by atoms with Gasteiger partial charge in [0.2, 0.25) is 0 Å². The summed E-state index contributed by atoms with van der Waals surface area (Å²) < 4.78 is 27.0. The highest BCUT2D eigenvalue weighted by Crippen LogP contribution is 2.20. The Labute approximate surface area is 148 Å². The number of benzene rings is 1. The van der Waals surface area contributed by atoms with Crippen LogP contribution >= 0.6 is 27.3 Å². The minimum Gasteiger partial charge on any atom is -0.465 e. The molecule has 0 bridgehead atoms. The molecule has 1 aromatic carbocycles. The number of amides is 2. The molecule has 1 heterocycles. The normalized spacial score (nSPS) is 11.8. The Morgan fingerprint density at radius 1 is 1.25 bits per heavy atom. The fourth-order valence-electron chi connectivity index (χ4n) is 2.02. The van der Waals surface area contributed by atoms with Crippen molar-refractivity contribution >= 4 is 39.3 Å². The topological polar surface area (TPSA) is 78.4 Å². The molecular weight excluding hydrogens is 406 g/mol. The van der Waals surface area contributed by atoms with Crippen LogP contribution in [0.4, 0.5) is 13.6 Å². The van der Waals surface area contributed by atoms with Crippen LogP contribution in [0.3, 0.4) is 0 Å². The molecule has 2 rings (SSSR count). The standard InChI is InChI=1S/C15H13BrF2N2O3S/c16-9-5-13(24-7-9)14(21)20-10(6-19-15(22)23)3-8-1-2-11(17)12(18)4-8/h1-2,4-5,7,10,19H,3,6H2,(H,20,21)(H,22,23)/t10-/m1/s1. The first-order valence-electron chi connectivity index (χ1n) is 6.80. The fourth-order valence-corrected chi connectivity index (χ4v) is 3.35. The van der Waals surface area contributed by atoms with Crippen molar-refractivity contribution in [3.8, 4) is 0 Å². The molecule has 5 nitrogen and oxygen atoms in total. The van der Waals surface area contributed by atoms with E-state index in [2.05, 4.69) is 26.6 Å². The molecule has 0 fully saturated rings. The molecule has 0 aliphatic rings. The minimum atomic E-state index is -1.24. The summed E-state index contributed by atoms with van der Waals surface area (Å²) >= 11 is 4.48. The lowest BCUT2D eigenvalue weighted by molar-refractivity contribution is 0.0939. The first-order valence-corrected chi connectivity index (χ1v) is 8.48. The van der Waals surface area contributed by atoms with Crippen LogP contribution in [0.1, 0.15) is 15.2 Å². The molecule has 0 aliphatic carbocycles. The Morgan fingerprint density at radius 2 is 2.00 bits per heavy atom. The molecule has 1 aromatic heterocycles. The van der Waals surface area contributed by atoms with Crippen molar-refractivity contribution in [3.63, 3.8) is 0 Å². The first-order chi connectivity index (χ1) is 11.3. The second-order valence-corrected chi connectivity index (χ2v) is 6.77. The van der Waals surface area contributed by atoms with Gasteiger partial charge in [-0.2, -0.15) is 0 Å². The highest BCUT2D eigenvalue weighted by Gasteiger charge is 2.17. The minimum absolute atomic E-state index is 0.0629. The van der Waals surface area contributed by atoms with E-state index in [1.54, 1.807) is 11.4 Å². The van der Waals surface area contributed by atoms with E-state index >= 15 is 0 Å². The van der Waals surface area contributed by atoms with Crippen molar-refractivity contribution in [2.45, 2.75) is 12.5 Å².